The molecule has 0 radical (unpaired) electrons. The molecule has 4 nitrogen and oxygen atoms in total. The van der Waals surface area contributed by atoms with Gasteiger partial charge in [0, 0.05) is 18.4 Å². The zero-order valence-corrected chi connectivity index (χ0v) is 9.84. The molecular formula is C12H18N2O2. The smallest absolute Gasteiger partial charge is 0.320 e. The number of carbonyl (C=O) groups is 1. The fourth-order valence-corrected chi connectivity index (χ4v) is 1.55. The second kappa shape index (κ2) is 5.61. The summed E-state index contributed by atoms with van der Waals surface area (Å²) in [6.07, 6.45) is 3.45. The van der Waals surface area contributed by atoms with Gasteiger partial charge >= 0.3 is 5.97 Å². The van der Waals surface area contributed by atoms with Gasteiger partial charge in [-0.05, 0) is 24.5 Å². The molecular weight excluding hydrogens is 204 g/mol. The van der Waals surface area contributed by atoms with Gasteiger partial charge in [-0.1, -0.05) is 19.9 Å². The maximum Gasteiger partial charge on any atom is 0.320 e. The van der Waals surface area contributed by atoms with Gasteiger partial charge < -0.3 is 5.11 Å². The van der Waals surface area contributed by atoms with Crippen LogP contribution in [-0.4, -0.2) is 22.1 Å². The van der Waals surface area contributed by atoms with Gasteiger partial charge in [0.15, 0.2) is 0 Å². The molecule has 0 spiro atoms. The number of pyridine rings is 1. The highest BCUT2D eigenvalue weighted by molar-refractivity contribution is 5.73. The van der Waals surface area contributed by atoms with E-state index in [0.29, 0.717) is 0 Å². The minimum absolute atomic E-state index is 0.0165. The van der Waals surface area contributed by atoms with Gasteiger partial charge in [-0.15, -0.1) is 0 Å². The molecule has 2 unspecified atom stereocenters. The van der Waals surface area contributed by atoms with Gasteiger partial charge in [0.2, 0.25) is 0 Å². The minimum atomic E-state index is -0.814. The Hall–Kier alpha value is -1.42. The molecule has 0 fully saturated rings. The first-order chi connectivity index (χ1) is 7.52. The number of aromatic nitrogens is 1. The highest BCUT2D eigenvalue weighted by Crippen LogP contribution is 2.13. The van der Waals surface area contributed by atoms with Crippen LogP contribution in [-0.2, 0) is 4.79 Å². The first kappa shape index (κ1) is 12.6. The summed E-state index contributed by atoms with van der Waals surface area (Å²) in [7, 11) is 0. The summed E-state index contributed by atoms with van der Waals surface area (Å²) in [5.41, 5.74) is 0.995. The highest BCUT2D eigenvalue weighted by Gasteiger charge is 2.23. The van der Waals surface area contributed by atoms with Crippen molar-refractivity contribution in [3.63, 3.8) is 0 Å². The van der Waals surface area contributed by atoms with Crippen molar-refractivity contribution >= 4 is 5.97 Å². The zero-order valence-electron chi connectivity index (χ0n) is 9.84. The van der Waals surface area contributed by atoms with Gasteiger partial charge in [-0.3, -0.25) is 15.1 Å². The van der Waals surface area contributed by atoms with Gasteiger partial charge in [0.25, 0.3) is 0 Å². The lowest BCUT2D eigenvalue weighted by Crippen LogP contribution is -2.42. The Labute approximate surface area is 95.7 Å². The Morgan fingerprint density at radius 3 is 2.56 bits per heavy atom. The van der Waals surface area contributed by atoms with E-state index in [2.05, 4.69) is 10.3 Å². The van der Waals surface area contributed by atoms with Crippen LogP contribution in [0.1, 0.15) is 32.4 Å². The van der Waals surface area contributed by atoms with Crippen LogP contribution in [0, 0.1) is 5.92 Å². The number of nitrogens with zero attached hydrogens (tertiary/aromatic N) is 1. The van der Waals surface area contributed by atoms with Crippen LogP contribution in [0.25, 0.3) is 0 Å². The maximum absolute atomic E-state index is 11.0. The van der Waals surface area contributed by atoms with E-state index in [1.54, 1.807) is 12.4 Å². The third-order valence-electron chi connectivity index (χ3n) is 2.55. The molecule has 88 valence electrons. The third kappa shape index (κ3) is 3.31. The van der Waals surface area contributed by atoms with E-state index in [0.717, 1.165) is 5.56 Å². The van der Waals surface area contributed by atoms with E-state index in [1.165, 1.54) is 0 Å². The number of nitrogens with one attached hydrogen (secondary N) is 1. The van der Waals surface area contributed by atoms with Gasteiger partial charge in [0.1, 0.15) is 6.04 Å². The van der Waals surface area contributed by atoms with Crippen molar-refractivity contribution in [2.24, 2.45) is 5.92 Å². The number of carboxylic acids is 1. The van der Waals surface area contributed by atoms with Crippen LogP contribution < -0.4 is 5.32 Å². The number of hydrogen-bond donors (Lipinski definition) is 2. The Morgan fingerprint density at radius 1 is 1.44 bits per heavy atom. The second-order valence-corrected chi connectivity index (χ2v) is 4.23. The quantitative estimate of drug-likeness (QED) is 0.798. The molecule has 0 aromatic carbocycles. The van der Waals surface area contributed by atoms with E-state index in [1.807, 2.05) is 32.9 Å². The van der Waals surface area contributed by atoms with Crippen molar-refractivity contribution in [1.29, 1.82) is 0 Å². The molecule has 1 aromatic rings. The van der Waals surface area contributed by atoms with Crippen molar-refractivity contribution in [3.05, 3.63) is 30.1 Å². The molecule has 2 atom stereocenters. The molecule has 1 heterocycles. The average molecular weight is 222 g/mol. The molecule has 1 rings (SSSR count). The number of carboxylic acid groups (broad SMARTS) is 1. The van der Waals surface area contributed by atoms with Crippen molar-refractivity contribution in [2.75, 3.05) is 0 Å². The fourth-order valence-electron chi connectivity index (χ4n) is 1.55. The van der Waals surface area contributed by atoms with E-state index in [9.17, 15) is 4.79 Å². The zero-order chi connectivity index (χ0) is 12.1. The average Bonchev–Trinajstić information content (AvgIpc) is 2.25. The summed E-state index contributed by atoms with van der Waals surface area (Å²) in [4.78, 5) is 15.0. The first-order valence-corrected chi connectivity index (χ1v) is 5.41. The van der Waals surface area contributed by atoms with Crippen molar-refractivity contribution in [3.8, 4) is 0 Å². The molecule has 0 amide bonds. The first-order valence-electron chi connectivity index (χ1n) is 5.41. The maximum atomic E-state index is 11.0. The molecule has 0 aliphatic heterocycles. The van der Waals surface area contributed by atoms with Crippen molar-refractivity contribution in [2.45, 2.75) is 32.9 Å². The standard InChI is InChI=1S/C12H18N2O2/c1-8(2)11(12(15)16)14-9(3)10-5-4-6-13-7-10/h4-9,11,14H,1-3H3,(H,15,16). The SMILES string of the molecule is CC(NC(C(=O)O)C(C)C)c1cccnc1. The third-order valence-corrected chi connectivity index (χ3v) is 2.55. The predicted molar refractivity (Wildman–Crippen MR) is 62.0 cm³/mol. The lowest BCUT2D eigenvalue weighted by Gasteiger charge is -2.22. The van der Waals surface area contributed by atoms with Gasteiger partial charge in [-0.2, -0.15) is 0 Å². The summed E-state index contributed by atoms with van der Waals surface area (Å²) in [5, 5.41) is 12.2. The predicted octanol–water partition coefficient (Wildman–Crippen LogP) is 1.84. The molecule has 16 heavy (non-hydrogen) atoms. The summed E-state index contributed by atoms with van der Waals surface area (Å²) in [5.74, 6) is -0.762. The largest absolute Gasteiger partial charge is 0.480 e. The Bertz CT molecular complexity index is 338. The number of aliphatic carboxylic acids is 1. The van der Waals surface area contributed by atoms with Crippen LogP contribution >= 0.6 is 0 Å². The molecule has 4 heteroatoms. The highest BCUT2D eigenvalue weighted by atomic mass is 16.4. The molecule has 0 saturated carbocycles. The summed E-state index contributed by atoms with van der Waals surface area (Å²) < 4.78 is 0. The molecule has 1 aromatic heterocycles. The normalized spacial score (nSPS) is 14.8. The van der Waals surface area contributed by atoms with Crippen LogP contribution in [0.15, 0.2) is 24.5 Å². The fraction of sp³-hybridized carbons (Fsp3) is 0.500. The summed E-state index contributed by atoms with van der Waals surface area (Å²) in [6, 6.07) is 3.23. The van der Waals surface area contributed by atoms with Crippen molar-refractivity contribution < 1.29 is 9.90 Å². The topological polar surface area (TPSA) is 62.2 Å². The Morgan fingerprint density at radius 2 is 2.12 bits per heavy atom. The van der Waals surface area contributed by atoms with Gasteiger partial charge in [-0.25, -0.2) is 0 Å². The minimum Gasteiger partial charge on any atom is -0.480 e. The number of hydrogen-bond acceptors (Lipinski definition) is 3. The molecule has 0 saturated heterocycles. The van der Waals surface area contributed by atoms with Crippen LogP contribution in [0.4, 0.5) is 0 Å². The molecule has 0 bridgehead atoms. The van der Waals surface area contributed by atoms with Gasteiger partial charge in [0.05, 0.1) is 0 Å². The number of rotatable bonds is 5. The lowest BCUT2D eigenvalue weighted by atomic mass is 10.0. The van der Waals surface area contributed by atoms with Crippen molar-refractivity contribution in [1.82, 2.24) is 10.3 Å². The Balaban J connectivity index is 2.69. The van der Waals surface area contributed by atoms with E-state index in [-0.39, 0.29) is 12.0 Å². The van der Waals surface area contributed by atoms with E-state index >= 15 is 0 Å². The monoisotopic (exact) mass is 222 g/mol. The summed E-state index contributed by atoms with van der Waals surface area (Å²) in [6.45, 7) is 5.72. The van der Waals surface area contributed by atoms with E-state index in [4.69, 9.17) is 5.11 Å². The second-order valence-electron chi connectivity index (χ2n) is 4.23. The van der Waals surface area contributed by atoms with E-state index < -0.39 is 12.0 Å². The van der Waals surface area contributed by atoms with Crippen LogP contribution in [0.5, 0.6) is 0 Å². The molecule has 0 aliphatic carbocycles. The van der Waals surface area contributed by atoms with Crippen LogP contribution in [0.2, 0.25) is 0 Å². The summed E-state index contributed by atoms with van der Waals surface area (Å²) >= 11 is 0. The van der Waals surface area contributed by atoms with Crippen LogP contribution in [0.3, 0.4) is 0 Å². The lowest BCUT2D eigenvalue weighted by molar-refractivity contribution is -0.140. The molecule has 0 aliphatic rings. The molecule has 2 N–H and O–H groups in total. The Kier molecular flexibility index (Phi) is 4.43.